The van der Waals surface area contributed by atoms with Crippen LogP contribution in [0, 0.1) is 0 Å². The van der Waals surface area contributed by atoms with Gasteiger partial charge in [0.15, 0.2) is 10.9 Å². The smallest absolute Gasteiger partial charge is 0.358 e. The van der Waals surface area contributed by atoms with E-state index in [1.807, 2.05) is 4.57 Å². The van der Waals surface area contributed by atoms with Crippen LogP contribution in [0.25, 0.3) is 0 Å². The molecule has 70 valence electrons. The molecular weight excluding hydrogens is 188 g/mol. The van der Waals surface area contributed by atoms with Crippen molar-refractivity contribution in [3.63, 3.8) is 0 Å². The lowest BCUT2D eigenvalue weighted by Crippen LogP contribution is -2.05. The molecule has 0 bridgehead atoms. The number of carbonyl (C=O) groups excluding carboxylic acids is 1. The average molecular weight is 198 g/mol. The van der Waals surface area contributed by atoms with E-state index in [0.717, 1.165) is 17.5 Å². The second-order valence-corrected chi connectivity index (χ2v) is 3.73. The molecule has 2 rings (SSSR count). The fraction of sp³-hybridized carbons (Fsp3) is 0.500. The molecule has 0 aliphatic carbocycles. The molecule has 1 aromatic rings. The molecule has 5 heteroatoms. The number of aromatic nitrogens is 2. The van der Waals surface area contributed by atoms with E-state index in [0.29, 0.717) is 12.3 Å². The maximum absolute atomic E-state index is 11.2. The molecule has 0 saturated heterocycles. The molecule has 1 aliphatic rings. The van der Waals surface area contributed by atoms with Crippen LogP contribution in [0.2, 0.25) is 0 Å². The molecule has 0 fully saturated rings. The average Bonchev–Trinajstić information content (AvgIpc) is 2.61. The molecule has 0 unspecified atom stereocenters. The minimum Gasteiger partial charge on any atom is -0.461 e. The van der Waals surface area contributed by atoms with Crippen molar-refractivity contribution in [3.05, 3.63) is 11.9 Å². The predicted octanol–water partition coefficient (Wildman–Crippen LogP) is 1.17. The number of rotatable bonds is 2. The van der Waals surface area contributed by atoms with Crippen LogP contribution in [0.15, 0.2) is 11.4 Å². The van der Waals surface area contributed by atoms with Crippen LogP contribution < -0.4 is 0 Å². The lowest BCUT2D eigenvalue weighted by molar-refractivity contribution is 0.0519. The van der Waals surface area contributed by atoms with Gasteiger partial charge in [0.1, 0.15) is 0 Å². The molecule has 0 radical (unpaired) electrons. The molecule has 0 amide bonds. The van der Waals surface area contributed by atoms with Crippen LogP contribution in [-0.2, 0) is 11.3 Å². The number of hydrogen-bond donors (Lipinski definition) is 0. The zero-order valence-corrected chi connectivity index (χ0v) is 8.13. The highest BCUT2D eigenvalue weighted by atomic mass is 32.2. The van der Waals surface area contributed by atoms with Gasteiger partial charge < -0.3 is 9.30 Å². The Balaban J connectivity index is 2.18. The number of imidazole rings is 1. The van der Waals surface area contributed by atoms with Crippen molar-refractivity contribution < 1.29 is 9.53 Å². The summed E-state index contributed by atoms with van der Waals surface area (Å²) >= 11 is 1.67. The zero-order valence-electron chi connectivity index (χ0n) is 7.32. The molecule has 0 saturated carbocycles. The number of nitrogens with zero attached hydrogens (tertiary/aromatic N) is 2. The van der Waals surface area contributed by atoms with E-state index >= 15 is 0 Å². The molecule has 0 atom stereocenters. The summed E-state index contributed by atoms with van der Waals surface area (Å²) in [6, 6.07) is 0. The van der Waals surface area contributed by atoms with E-state index in [4.69, 9.17) is 4.74 Å². The van der Waals surface area contributed by atoms with Crippen LogP contribution in [-0.4, -0.2) is 27.9 Å². The number of esters is 1. The van der Waals surface area contributed by atoms with Crippen molar-refractivity contribution in [2.75, 3.05) is 12.4 Å². The summed E-state index contributed by atoms with van der Waals surface area (Å²) < 4.78 is 6.82. The number of ether oxygens (including phenoxy) is 1. The number of thioether (sulfide) groups is 1. The summed E-state index contributed by atoms with van der Waals surface area (Å²) in [7, 11) is 0. The van der Waals surface area contributed by atoms with Gasteiger partial charge in [0.05, 0.1) is 6.61 Å². The Kier molecular flexibility index (Phi) is 2.26. The lowest BCUT2D eigenvalue weighted by Gasteiger charge is -1.96. The second-order valence-electron chi connectivity index (χ2n) is 2.67. The highest BCUT2D eigenvalue weighted by Crippen LogP contribution is 2.24. The summed E-state index contributed by atoms with van der Waals surface area (Å²) in [6.07, 6.45) is 1.76. The monoisotopic (exact) mass is 198 g/mol. The van der Waals surface area contributed by atoms with Crippen LogP contribution in [0.3, 0.4) is 0 Å². The van der Waals surface area contributed by atoms with Crippen molar-refractivity contribution >= 4 is 17.7 Å². The first-order valence-electron chi connectivity index (χ1n) is 4.18. The topological polar surface area (TPSA) is 44.1 Å². The molecule has 2 heterocycles. The normalized spacial score (nSPS) is 14.2. The van der Waals surface area contributed by atoms with Gasteiger partial charge >= 0.3 is 5.97 Å². The summed E-state index contributed by atoms with van der Waals surface area (Å²) in [4.78, 5) is 15.4. The zero-order chi connectivity index (χ0) is 9.26. The fourth-order valence-corrected chi connectivity index (χ4v) is 2.16. The predicted molar refractivity (Wildman–Crippen MR) is 48.9 cm³/mol. The summed E-state index contributed by atoms with van der Waals surface area (Å²) in [6.45, 7) is 3.12. The standard InChI is InChI=1S/C8H10N2O2S/c1-2-12-7(11)6-5-10-3-4-13-8(10)9-6/h5H,2-4H2,1H3. The maximum atomic E-state index is 11.2. The molecular formula is C8H10N2O2S. The van der Waals surface area contributed by atoms with Gasteiger partial charge in [-0.25, -0.2) is 9.78 Å². The first kappa shape index (κ1) is 8.62. The van der Waals surface area contributed by atoms with E-state index in [2.05, 4.69) is 4.98 Å². The number of aryl methyl sites for hydroxylation is 1. The van der Waals surface area contributed by atoms with Crippen LogP contribution in [0.4, 0.5) is 0 Å². The minimum atomic E-state index is -0.329. The van der Waals surface area contributed by atoms with Gasteiger partial charge in [-0.05, 0) is 6.92 Å². The third-order valence-corrected chi connectivity index (χ3v) is 2.76. The van der Waals surface area contributed by atoms with Crippen LogP contribution in [0.5, 0.6) is 0 Å². The lowest BCUT2D eigenvalue weighted by atomic mass is 10.5. The van der Waals surface area contributed by atoms with Crippen molar-refractivity contribution in [2.24, 2.45) is 0 Å². The van der Waals surface area contributed by atoms with Gasteiger partial charge in [0.25, 0.3) is 0 Å². The Morgan fingerprint density at radius 1 is 1.85 bits per heavy atom. The Morgan fingerprint density at radius 3 is 3.38 bits per heavy atom. The quantitative estimate of drug-likeness (QED) is 0.669. The molecule has 0 spiro atoms. The van der Waals surface area contributed by atoms with Gasteiger partial charge in [-0.2, -0.15) is 0 Å². The third-order valence-electron chi connectivity index (χ3n) is 1.79. The van der Waals surface area contributed by atoms with E-state index in [-0.39, 0.29) is 5.97 Å². The molecule has 4 nitrogen and oxygen atoms in total. The number of fused-ring (bicyclic) bond motifs is 1. The fourth-order valence-electron chi connectivity index (χ4n) is 1.21. The van der Waals surface area contributed by atoms with Gasteiger partial charge in [-0.15, -0.1) is 0 Å². The first-order valence-corrected chi connectivity index (χ1v) is 5.17. The summed E-state index contributed by atoms with van der Waals surface area (Å²) in [5.41, 5.74) is 0.420. The van der Waals surface area contributed by atoms with E-state index in [9.17, 15) is 4.79 Å². The van der Waals surface area contributed by atoms with Crippen molar-refractivity contribution in [3.8, 4) is 0 Å². The van der Waals surface area contributed by atoms with Gasteiger partial charge in [-0.1, -0.05) is 11.8 Å². The van der Waals surface area contributed by atoms with E-state index in [1.54, 1.807) is 24.9 Å². The van der Waals surface area contributed by atoms with Crippen molar-refractivity contribution in [1.29, 1.82) is 0 Å². The summed E-state index contributed by atoms with van der Waals surface area (Å²) in [5.74, 6) is 0.718. The van der Waals surface area contributed by atoms with Crippen molar-refractivity contribution in [1.82, 2.24) is 9.55 Å². The second kappa shape index (κ2) is 3.41. The van der Waals surface area contributed by atoms with Gasteiger partial charge in [0.2, 0.25) is 0 Å². The molecule has 13 heavy (non-hydrogen) atoms. The Labute approximate surface area is 80.3 Å². The van der Waals surface area contributed by atoms with E-state index < -0.39 is 0 Å². The minimum absolute atomic E-state index is 0.329. The number of hydrogen-bond acceptors (Lipinski definition) is 4. The summed E-state index contributed by atoms with van der Waals surface area (Å²) in [5, 5.41) is 0.919. The Hall–Kier alpha value is -0.970. The first-order chi connectivity index (χ1) is 6.31. The molecule has 0 aromatic carbocycles. The van der Waals surface area contributed by atoms with E-state index in [1.165, 1.54) is 0 Å². The highest BCUT2D eigenvalue weighted by Gasteiger charge is 2.18. The van der Waals surface area contributed by atoms with Crippen LogP contribution >= 0.6 is 11.8 Å². The largest absolute Gasteiger partial charge is 0.461 e. The van der Waals surface area contributed by atoms with Crippen molar-refractivity contribution in [2.45, 2.75) is 18.6 Å². The Morgan fingerprint density at radius 2 is 2.69 bits per heavy atom. The maximum Gasteiger partial charge on any atom is 0.358 e. The number of carbonyl (C=O) groups is 1. The highest BCUT2D eigenvalue weighted by molar-refractivity contribution is 7.99. The Bertz CT molecular complexity index is 313. The third kappa shape index (κ3) is 1.56. The molecule has 0 N–H and O–H groups in total. The van der Waals surface area contributed by atoms with Gasteiger partial charge in [0, 0.05) is 18.5 Å². The molecule has 1 aliphatic heterocycles. The van der Waals surface area contributed by atoms with Crippen LogP contribution in [0.1, 0.15) is 17.4 Å². The molecule has 1 aromatic heterocycles. The van der Waals surface area contributed by atoms with Gasteiger partial charge in [-0.3, -0.25) is 0 Å². The SMILES string of the molecule is CCOC(=O)c1cn2c(n1)SCC2.